The zero-order valence-electron chi connectivity index (χ0n) is 16.6. The SMILES string of the molecule is Cc1cc(Cl)c2c(c1)CCN(C(=O)c1nc(C)c(C)c(N3CC[C@@H](N)C3)n1)C2. The summed E-state index contributed by atoms with van der Waals surface area (Å²) in [6.45, 7) is 8.73. The second-order valence-electron chi connectivity index (χ2n) is 7.94. The average Bonchev–Trinajstić information content (AvgIpc) is 3.09. The fraction of sp³-hybridized carbons (Fsp3) is 0.476. The van der Waals surface area contributed by atoms with E-state index >= 15 is 0 Å². The van der Waals surface area contributed by atoms with Crippen molar-refractivity contribution in [3.8, 4) is 0 Å². The van der Waals surface area contributed by atoms with Crippen molar-refractivity contribution >= 4 is 23.3 Å². The number of anilines is 1. The smallest absolute Gasteiger partial charge is 0.292 e. The molecule has 2 aromatic rings. The topological polar surface area (TPSA) is 75.4 Å². The van der Waals surface area contributed by atoms with Crippen LogP contribution in [0.3, 0.4) is 0 Å². The highest BCUT2D eigenvalue weighted by Crippen LogP contribution is 2.29. The highest BCUT2D eigenvalue weighted by Gasteiger charge is 2.28. The van der Waals surface area contributed by atoms with Crippen LogP contribution in [0.2, 0.25) is 5.02 Å². The Bertz CT molecular complexity index is 945. The van der Waals surface area contributed by atoms with Crippen molar-refractivity contribution in [2.75, 3.05) is 24.5 Å². The Morgan fingerprint density at radius 1 is 1.21 bits per heavy atom. The molecule has 2 N–H and O–H groups in total. The fourth-order valence-corrected chi connectivity index (χ4v) is 4.43. The lowest BCUT2D eigenvalue weighted by atomic mass is 9.97. The van der Waals surface area contributed by atoms with E-state index in [0.717, 1.165) is 59.2 Å². The van der Waals surface area contributed by atoms with Gasteiger partial charge in [-0.25, -0.2) is 9.97 Å². The number of aromatic nitrogens is 2. The van der Waals surface area contributed by atoms with Crippen molar-refractivity contribution in [3.63, 3.8) is 0 Å². The van der Waals surface area contributed by atoms with E-state index in [2.05, 4.69) is 20.9 Å². The quantitative estimate of drug-likeness (QED) is 0.840. The first-order valence-electron chi connectivity index (χ1n) is 9.76. The van der Waals surface area contributed by atoms with Crippen LogP contribution >= 0.6 is 11.6 Å². The summed E-state index contributed by atoms with van der Waals surface area (Å²) < 4.78 is 0. The monoisotopic (exact) mass is 399 g/mol. The van der Waals surface area contributed by atoms with Crippen molar-refractivity contribution in [1.29, 1.82) is 0 Å². The van der Waals surface area contributed by atoms with Crippen LogP contribution < -0.4 is 10.6 Å². The summed E-state index contributed by atoms with van der Waals surface area (Å²) in [5, 5.41) is 0.722. The van der Waals surface area contributed by atoms with Gasteiger partial charge in [0.1, 0.15) is 5.82 Å². The van der Waals surface area contributed by atoms with Gasteiger partial charge in [0.05, 0.1) is 0 Å². The molecule has 3 heterocycles. The molecule has 6 nitrogen and oxygen atoms in total. The number of benzene rings is 1. The highest BCUT2D eigenvalue weighted by molar-refractivity contribution is 6.31. The molecule has 0 bridgehead atoms. The molecule has 1 saturated heterocycles. The molecule has 0 radical (unpaired) electrons. The van der Waals surface area contributed by atoms with E-state index in [4.69, 9.17) is 17.3 Å². The molecule has 1 aromatic heterocycles. The molecular formula is C21H26ClN5O. The van der Waals surface area contributed by atoms with Gasteiger partial charge in [-0.2, -0.15) is 0 Å². The molecule has 1 fully saturated rings. The largest absolute Gasteiger partial charge is 0.355 e. The molecule has 2 aliphatic heterocycles. The number of hydrogen-bond acceptors (Lipinski definition) is 5. The number of nitrogens with zero attached hydrogens (tertiary/aromatic N) is 4. The summed E-state index contributed by atoms with van der Waals surface area (Å²) in [6, 6.07) is 4.26. The minimum atomic E-state index is -0.143. The Morgan fingerprint density at radius 3 is 2.71 bits per heavy atom. The summed E-state index contributed by atoms with van der Waals surface area (Å²) in [5.41, 5.74) is 11.3. The van der Waals surface area contributed by atoms with E-state index in [1.165, 1.54) is 5.56 Å². The van der Waals surface area contributed by atoms with Crippen LogP contribution in [0.15, 0.2) is 12.1 Å². The Morgan fingerprint density at radius 2 is 2.00 bits per heavy atom. The number of amides is 1. The van der Waals surface area contributed by atoms with E-state index in [1.807, 2.05) is 26.8 Å². The van der Waals surface area contributed by atoms with E-state index in [9.17, 15) is 4.79 Å². The molecule has 0 aliphatic carbocycles. The molecule has 2 aliphatic rings. The summed E-state index contributed by atoms with van der Waals surface area (Å²) >= 11 is 6.45. The summed E-state index contributed by atoms with van der Waals surface area (Å²) in [5.74, 6) is 0.940. The Hall–Kier alpha value is -2.18. The van der Waals surface area contributed by atoms with Gasteiger partial charge in [0.2, 0.25) is 5.82 Å². The fourth-order valence-electron chi connectivity index (χ4n) is 4.08. The molecule has 1 aromatic carbocycles. The molecule has 4 rings (SSSR count). The number of hydrogen-bond donors (Lipinski definition) is 1. The Kier molecular flexibility index (Phi) is 5.02. The van der Waals surface area contributed by atoms with E-state index in [0.29, 0.717) is 13.1 Å². The molecule has 0 saturated carbocycles. The van der Waals surface area contributed by atoms with Gasteiger partial charge in [0.25, 0.3) is 5.91 Å². The van der Waals surface area contributed by atoms with Crippen molar-refractivity contribution in [2.45, 2.75) is 46.2 Å². The highest BCUT2D eigenvalue weighted by atomic mass is 35.5. The number of fused-ring (bicyclic) bond motifs is 1. The molecule has 28 heavy (non-hydrogen) atoms. The van der Waals surface area contributed by atoms with Crippen LogP contribution in [-0.4, -0.2) is 46.5 Å². The molecule has 0 unspecified atom stereocenters. The lowest BCUT2D eigenvalue weighted by molar-refractivity contribution is 0.0722. The normalized spacial score (nSPS) is 19.1. The molecule has 1 atom stereocenters. The Balaban J connectivity index is 1.62. The van der Waals surface area contributed by atoms with Crippen molar-refractivity contribution in [1.82, 2.24) is 14.9 Å². The number of nitrogens with two attached hydrogens (primary N) is 1. The van der Waals surface area contributed by atoms with Gasteiger partial charge >= 0.3 is 0 Å². The molecular weight excluding hydrogens is 374 g/mol. The first-order valence-corrected chi connectivity index (χ1v) is 10.1. The zero-order valence-corrected chi connectivity index (χ0v) is 17.4. The van der Waals surface area contributed by atoms with Gasteiger partial charge in [-0.1, -0.05) is 17.7 Å². The van der Waals surface area contributed by atoms with Crippen LogP contribution in [0.4, 0.5) is 5.82 Å². The predicted molar refractivity (Wildman–Crippen MR) is 111 cm³/mol. The van der Waals surface area contributed by atoms with Crippen molar-refractivity contribution in [3.05, 3.63) is 50.9 Å². The summed E-state index contributed by atoms with van der Waals surface area (Å²) in [4.78, 5) is 26.3. The Labute approximate surface area is 170 Å². The minimum absolute atomic E-state index is 0.143. The molecule has 1 amide bonds. The summed E-state index contributed by atoms with van der Waals surface area (Å²) in [6.07, 6.45) is 1.73. The lowest BCUT2D eigenvalue weighted by Gasteiger charge is -2.30. The second kappa shape index (κ2) is 7.33. The number of aryl methyl sites for hydroxylation is 2. The van der Waals surface area contributed by atoms with Crippen molar-refractivity contribution < 1.29 is 4.79 Å². The van der Waals surface area contributed by atoms with Gasteiger partial charge < -0.3 is 15.5 Å². The minimum Gasteiger partial charge on any atom is -0.355 e. The van der Waals surface area contributed by atoms with Crippen LogP contribution in [-0.2, 0) is 13.0 Å². The molecule has 148 valence electrons. The standard InChI is InChI=1S/C21H26ClN5O/c1-12-8-15-4-6-27(11-17(15)18(22)9-12)21(28)19-24-14(3)13(2)20(25-19)26-7-5-16(23)10-26/h8-9,16H,4-7,10-11,23H2,1-3H3/t16-/m1/s1. The van der Waals surface area contributed by atoms with Gasteiger partial charge in [0, 0.05) is 48.5 Å². The third kappa shape index (κ3) is 3.47. The lowest BCUT2D eigenvalue weighted by Crippen LogP contribution is -2.37. The van der Waals surface area contributed by atoms with Gasteiger partial charge in [-0.3, -0.25) is 4.79 Å². The van der Waals surface area contributed by atoms with Crippen LogP contribution in [0, 0.1) is 20.8 Å². The van der Waals surface area contributed by atoms with E-state index in [1.54, 1.807) is 4.90 Å². The first kappa shape index (κ1) is 19.2. The number of rotatable bonds is 2. The van der Waals surface area contributed by atoms with Gasteiger partial charge in [-0.05, 0) is 56.4 Å². The second-order valence-corrected chi connectivity index (χ2v) is 8.34. The molecule has 0 spiro atoms. The van der Waals surface area contributed by atoms with E-state index in [-0.39, 0.29) is 17.8 Å². The number of carbonyl (C=O) groups excluding carboxylic acids is 1. The maximum atomic E-state index is 13.2. The molecule has 7 heteroatoms. The average molecular weight is 400 g/mol. The zero-order chi connectivity index (χ0) is 20.0. The third-order valence-electron chi connectivity index (χ3n) is 5.80. The number of halogens is 1. The van der Waals surface area contributed by atoms with Crippen molar-refractivity contribution in [2.24, 2.45) is 5.73 Å². The maximum Gasteiger partial charge on any atom is 0.292 e. The van der Waals surface area contributed by atoms with Crippen LogP contribution in [0.1, 0.15) is 45.0 Å². The third-order valence-corrected chi connectivity index (χ3v) is 6.14. The first-order chi connectivity index (χ1) is 13.3. The predicted octanol–water partition coefficient (Wildman–Crippen LogP) is 2.79. The summed E-state index contributed by atoms with van der Waals surface area (Å²) in [7, 11) is 0. The van der Waals surface area contributed by atoms with E-state index < -0.39 is 0 Å². The van der Waals surface area contributed by atoms with Crippen LogP contribution in [0.5, 0.6) is 0 Å². The van der Waals surface area contributed by atoms with Crippen LogP contribution in [0.25, 0.3) is 0 Å². The van der Waals surface area contributed by atoms with Gasteiger partial charge in [-0.15, -0.1) is 0 Å². The van der Waals surface area contributed by atoms with Gasteiger partial charge in [0.15, 0.2) is 0 Å². The number of carbonyl (C=O) groups is 1. The maximum absolute atomic E-state index is 13.2.